The van der Waals surface area contributed by atoms with Crippen molar-refractivity contribution in [2.75, 3.05) is 6.54 Å². The lowest BCUT2D eigenvalue weighted by Crippen LogP contribution is -2.27. The van der Waals surface area contributed by atoms with E-state index in [2.05, 4.69) is 26.8 Å². The first-order chi connectivity index (χ1) is 11.3. The molecule has 0 atom stereocenters. The van der Waals surface area contributed by atoms with Crippen molar-refractivity contribution < 1.29 is 4.79 Å². The Morgan fingerprint density at radius 2 is 2.13 bits per heavy atom. The molecule has 1 amide bonds. The molecule has 2 aromatic heterocycles. The number of pyridine rings is 1. The van der Waals surface area contributed by atoms with Gasteiger partial charge in [-0.15, -0.1) is 0 Å². The molecule has 3 rings (SSSR count). The highest BCUT2D eigenvalue weighted by molar-refractivity contribution is 5.93. The fraction of sp³-hybridized carbons (Fsp3) is 0.500. The maximum Gasteiger partial charge on any atom is 0.252 e. The van der Waals surface area contributed by atoms with Gasteiger partial charge in [-0.2, -0.15) is 0 Å². The van der Waals surface area contributed by atoms with E-state index in [9.17, 15) is 4.79 Å². The van der Waals surface area contributed by atoms with Gasteiger partial charge in [0.15, 0.2) is 0 Å². The van der Waals surface area contributed by atoms with Crippen molar-refractivity contribution in [2.45, 2.75) is 51.5 Å². The van der Waals surface area contributed by atoms with Crippen LogP contribution in [0, 0.1) is 6.92 Å². The molecule has 1 aliphatic rings. The maximum atomic E-state index is 12.0. The standard InChI is InChI=1S/C18H24N4O/c1-14-12-21-17(22(14)16-7-3-2-4-8-16)9-11-20-18(23)15-6-5-10-19-13-15/h5-6,10,12-13,16H,2-4,7-9,11H2,1H3,(H,20,23). The number of rotatable bonds is 5. The zero-order chi connectivity index (χ0) is 16.1. The van der Waals surface area contributed by atoms with Crippen molar-refractivity contribution in [1.29, 1.82) is 0 Å². The third kappa shape index (κ3) is 3.78. The number of nitrogens with one attached hydrogen (secondary N) is 1. The van der Waals surface area contributed by atoms with Crippen LogP contribution in [0.4, 0.5) is 0 Å². The van der Waals surface area contributed by atoms with Crippen molar-refractivity contribution >= 4 is 5.91 Å². The van der Waals surface area contributed by atoms with Gasteiger partial charge in [-0.25, -0.2) is 4.98 Å². The Labute approximate surface area is 137 Å². The Kier molecular flexibility index (Phi) is 5.05. The lowest BCUT2D eigenvalue weighted by atomic mass is 9.95. The Morgan fingerprint density at radius 3 is 2.87 bits per heavy atom. The van der Waals surface area contributed by atoms with Crippen LogP contribution >= 0.6 is 0 Å². The van der Waals surface area contributed by atoms with Gasteiger partial charge in [0.05, 0.1) is 5.56 Å². The van der Waals surface area contributed by atoms with E-state index >= 15 is 0 Å². The van der Waals surface area contributed by atoms with Gasteiger partial charge in [-0.1, -0.05) is 19.3 Å². The summed E-state index contributed by atoms with van der Waals surface area (Å²) < 4.78 is 2.38. The molecule has 0 unspecified atom stereocenters. The molecular weight excluding hydrogens is 288 g/mol. The number of aryl methyl sites for hydroxylation is 1. The minimum Gasteiger partial charge on any atom is -0.352 e. The lowest BCUT2D eigenvalue weighted by molar-refractivity contribution is 0.0953. The summed E-state index contributed by atoms with van der Waals surface area (Å²) in [6.45, 7) is 2.72. The zero-order valence-corrected chi connectivity index (χ0v) is 13.7. The van der Waals surface area contributed by atoms with Crippen molar-refractivity contribution in [3.8, 4) is 0 Å². The number of imidazole rings is 1. The van der Waals surface area contributed by atoms with E-state index in [4.69, 9.17) is 0 Å². The van der Waals surface area contributed by atoms with E-state index in [1.165, 1.54) is 37.8 Å². The molecule has 0 bridgehead atoms. The molecule has 1 N–H and O–H groups in total. The molecule has 122 valence electrons. The van der Waals surface area contributed by atoms with Crippen LogP contribution in [0.5, 0.6) is 0 Å². The second-order valence-electron chi connectivity index (χ2n) is 6.23. The third-order valence-electron chi connectivity index (χ3n) is 4.56. The van der Waals surface area contributed by atoms with Crippen LogP contribution in [0.15, 0.2) is 30.7 Å². The summed E-state index contributed by atoms with van der Waals surface area (Å²) in [7, 11) is 0. The Balaban J connectivity index is 1.59. The zero-order valence-electron chi connectivity index (χ0n) is 13.7. The number of aromatic nitrogens is 3. The van der Waals surface area contributed by atoms with Crippen LogP contribution in [-0.2, 0) is 6.42 Å². The normalized spacial score (nSPS) is 15.5. The largest absolute Gasteiger partial charge is 0.352 e. The summed E-state index contributed by atoms with van der Waals surface area (Å²) >= 11 is 0. The minimum atomic E-state index is -0.0782. The van der Waals surface area contributed by atoms with Gasteiger partial charge in [0.2, 0.25) is 0 Å². The molecule has 1 aliphatic carbocycles. The van der Waals surface area contributed by atoms with Gasteiger partial charge >= 0.3 is 0 Å². The van der Waals surface area contributed by atoms with Crippen LogP contribution in [-0.4, -0.2) is 27.0 Å². The van der Waals surface area contributed by atoms with Gasteiger partial charge in [-0.05, 0) is 31.9 Å². The quantitative estimate of drug-likeness (QED) is 0.923. The Hall–Kier alpha value is -2.17. The smallest absolute Gasteiger partial charge is 0.252 e. The number of nitrogens with zero attached hydrogens (tertiary/aromatic N) is 3. The summed E-state index contributed by atoms with van der Waals surface area (Å²) in [4.78, 5) is 20.6. The summed E-state index contributed by atoms with van der Waals surface area (Å²) in [5.41, 5.74) is 1.82. The number of hydrogen-bond donors (Lipinski definition) is 1. The first-order valence-corrected chi connectivity index (χ1v) is 8.46. The average molecular weight is 312 g/mol. The van der Waals surface area contributed by atoms with E-state index in [-0.39, 0.29) is 5.91 Å². The highest BCUT2D eigenvalue weighted by Crippen LogP contribution is 2.30. The van der Waals surface area contributed by atoms with Crippen LogP contribution in [0.1, 0.15) is 60.0 Å². The molecule has 23 heavy (non-hydrogen) atoms. The lowest BCUT2D eigenvalue weighted by Gasteiger charge is -2.26. The maximum absolute atomic E-state index is 12.0. The topological polar surface area (TPSA) is 59.8 Å². The number of carbonyl (C=O) groups excluding carboxylic acids is 1. The molecule has 0 saturated heterocycles. The first kappa shape index (κ1) is 15.7. The molecule has 0 aliphatic heterocycles. The molecule has 2 aromatic rings. The van der Waals surface area contributed by atoms with Gasteiger partial charge in [0.25, 0.3) is 5.91 Å². The third-order valence-corrected chi connectivity index (χ3v) is 4.56. The summed E-state index contributed by atoms with van der Waals surface area (Å²) in [6.07, 6.45) is 12.4. The van der Waals surface area contributed by atoms with E-state index < -0.39 is 0 Å². The Morgan fingerprint density at radius 1 is 1.30 bits per heavy atom. The van der Waals surface area contributed by atoms with Gasteiger partial charge in [0.1, 0.15) is 5.82 Å². The van der Waals surface area contributed by atoms with Crippen molar-refractivity contribution in [3.63, 3.8) is 0 Å². The minimum absolute atomic E-state index is 0.0782. The van der Waals surface area contributed by atoms with E-state index in [1.54, 1.807) is 24.5 Å². The molecule has 1 saturated carbocycles. The van der Waals surface area contributed by atoms with E-state index in [1.807, 2.05) is 6.20 Å². The number of amides is 1. The monoisotopic (exact) mass is 312 g/mol. The first-order valence-electron chi connectivity index (χ1n) is 8.46. The highest BCUT2D eigenvalue weighted by atomic mass is 16.1. The molecule has 0 radical (unpaired) electrons. The summed E-state index contributed by atoms with van der Waals surface area (Å²) in [6, 6.07) is 4.12. The summed E-state index contributed by atoms with van der Waals surface area (Å²) in [5.74, 6) is 1.01. The van der Waals surface area contributed by atoms with Crippen molar-refractivity contribution in [3.05, 3.63) is 47.8 Å². The van der Waals surface area contributed by atoms with Crippen LogP contribution in [0.2, 0.25) is 0 Å². The molecule has 0 aromatic carbocycles. The average Bonchev–Trinajstić information content (AvgIpc) is 2.97. The van der Waals surface area contributed by atoms with Gasteiger partial charge in [-0.3, -0.25) is 9.78 Å². The number of hydrogen-bond acceptors (Lipinski definition) is 3. The molecule has 5 heteroatoms. The van der Waals surface area contributed by atoms with Crippen LogP contribution < -0.4 is 5.32 Å². The van der Waals surface area contributed by atoms with Gasteiger partial charge in [0, 0.05) is 43.3 Å². The van der Waals surface area contributed by atoms with Crippen molar-refractivity contribution in [1.82, 2.24) is 19.9 Å². The van der Waals surface area contributed by atoms with Gasteiger partial charge < -0.3 is 9.88 Å². The molecule has 2 heterocycles. The second-order valence-corrected chi connectivity index (χ2v) is 6.23. The predicted octanol–water partition coefficient (Wildman–Crippen LogP) is 3.06. The van der Waals surface area contributed by atoms with Crippen LogP contribution in [0.3, 0.4) is 0 Å². The van der Waals surface area contributed by atoms with Crippen LogP contribution in [0.25, 0.3) is 0 Å². The fourth-order valence-electron chi connectivity index (χ4n) is 3.41. The number of carbonyl (C=O) groups is 1. The second kappa shape index (κ2) is 7.40. The molecular formula is C18H24N4O. The highest BCUT2D eigenvalue weighted by Gasteiger charge is 2.19. The Bertz CT molecular complexity index is 644. The molecule has 1 fully saturated rings. The predicted molar refractivity (Wildman–Crippen MR) is 89.4 cm³/mol. The van der Waals surface area contributed by atoms with Crippen molar-refractivity contribution in [2.24, 2.45) is 0 Å². The molecule has 5 nitrogen and oxygen atoms in total. The molecule has 0 spiro atoms. The fourth-order valence-corrected chi connectivity index (χ4v) is 3.41. The van der Waals surface area contributed by atoms with E-state index in [0.717, 1.165) is 12.2 Å². The van der Waals surface area contributed by atoms with E-state index in [0.29, 0.717) is 18.2 Å². The summed E-state index contributed by atoms with van der Waals surface area (Å²) in [5, 5.41) is 2.95. The SMILES string of the molecule is Cc1cnc(CCNC(=O)c2cccnc2)n1C1CCCCC1.